The molecule has 1 aliphatic carbocycles. The molecule has 0 radical (unpaired) electrons. The Balaban J connectivity index is 2.91. The Kier molecular flexibility index (Phi) is 2.58. The Morgan fingerprint density at radius 1 is 1.17 bits per heavy atom. The first-order chi connectivity index (χ1) is 5.57. The number of carbonyl (C=O) groups excluding carboxylic acids is 1. The van der Waals surface area contributed by atoms with Crippen molar-refractivity contribution in [2.75, 3.05) is 0 Å². The molecule has 0 spiro atoms. The summed E-state index contributed by atoms with van der Waals surface area (Å²) in [5.41, 5.74) is -0.111. The van der Waals surface area contributed by atoms with E-state index in [1.165, 1.54) is 0 Å². The van der Waals surface area contributed by atoms with Crippen molar-refractivity contribution in [3.63, 3.8) is 0 Å². The molecule has 0 aliphatic heterocycles. The second-order valence-electron chi connectivity index (χ2n) is 2.70. The third-order valence-electron chi connectivity index (χ3n) is 1.86. The average molecular weight is 174 g/mol. The topological polar surface area (TPSA) is 98.0 Å². The number of rotatable bonds is 1. The van der Waals surface area contributed by atoms with E-state index in [0.29, 0.717) is 6.29 Å². The number of aldehydes is 1. The standard InChI is InChI=1S/C7H10O5/c8-2-3-1-4(9)6(11)7(12)5(3)10/h1-2,4-7,9-12H/t4-,5+,6+,7-/m0/s1. The molecule has 1 rings (SSSR count). The van der Waals surface area contributed by atoms with Gasteiger partial charge in [-0.25, -0.2) is 0 Å². The number of hydrogen-bond donors (Lipinski definition) is 4. The van der Waals surface area contributed by atoms with E-state index in [4.69, 9.17) is 20.4 Å². The summed E-state index contributed by atoms with van der Waals surface area (Å²) in [6.07, 6.45) is -4.31. The quantitative estimate of drug-likeness (QED) is 0.331. The van der Waals surface area contributed by atoms with Gasteiger partial charge in [-0.1, -0.05) is 0 Å². The van der Waals surface area contributed by atoms with E-state index in [2.05, 4.69) is 0 Å². The van der Waals surface area contributed by atoms with E-state index in [0.717, 1.165) is 6.08 Å². The van der Waals surface area contributed by atoms with Gasteiger partial charge in [-0.3, -0.25) is 4.79 Å². The van der Waals surface area contributed by atoms with E-state index in [-0.39, 0.29) is 5.57 Å². The van der Waals surface area contributed by atoms with Gasteiger partial charge in [-0.15, -0.1) is 0 Å². The summed E-state index contributed by atoms with van der Waals surface area (Å²) in [6.45, 7) is 0. The maximum absolute atomic E-state index is 10.2. The average Bonchev–Trinajstić information content (AvgIpc) is 2.08. The van der Waals surface area contributed by atoms with Gasteiger partial charge in [0.25, 0.3) is 0 Å². The highest BCUT2D eigenvalue weighted by Gasteiger charge is 2.36. The number of carbonyl (C=O) groups is 1. The summed E-state index contributed by atoms with van der Waals surface area (Å²) in [7, 11) is 0. The lowest BCUT2D eigenvalue weighted by atomic mass is 9.90. The zero-order chi connectivity index (χ0) is 9.30. The van der Waals surface area contributed by atoms with Crippen LogP contribution in [0.5, 0.6) is 0 Å². The van der Waals surface area contributed by atoms with Gasteiger partial charge in [-0.05, 0) is 6.08 Å². The molecule has 5 nitrogen and oxygen atoms in total. The minimum Gasteiger partial charge on any atom is -0.387 e. The zero-order valence-electron chi connectivity index (χ0n) is 6.16. The van der Waals surface area contributed by atoms with Crippen LogP contribution in [-0.4, -0.2) is 51.1 Å². The second-order valence-corrected chi connectivity index (χ2v) is 2.70. The predicted molar refractivity (Wildman–Crippen MR) is 38.2 cm³/mol. The molecule has 0 aromatic rings. The Morgan fingerprint density at radius 2 is 1.75 bits per heavy atom. The van der Waals surface area contributed by atoms with Gasteiger partial charge in [0.15, 0.2) is 0 Å². The Morgan fingerprint density at radius 3 is 2.25 bits per heavy atom. The fraction of sp³-hybridized carbons (Fsp3) is 0.571. The van der Waals surface area contributed by atoms with Crippen molar-refractivity contribution in [1.82, 2.24) is 0 Å². The predicted octanol–water partition coefficient (Wildman–Crippen LogP) is -2.43. The van der Waals surface area contributed by atoms with Crippen LogP contribution in [-0.2, 0) is 4.79 Å². The van der Waals surface area contributed by atoms with Crippen molar-refractivity contribution in [3.8, 4) is 0 Å². The van der Waals surface area contributed by atoms with Gasteiger partial charge < -0.3 is 20.4 Å². The number of aliphatic hydroxyl groups is 4. The maximum Gasteiger partial charge on any atom is 0.148 e. The lowest BCUT2D eigenvalue weighted by Gasteiger charge is -2.30. The van der Waals surface area contributed by atoms with Crippen molar-refractivity contribution >= 4 is 6.29 Å². The van der Waals surface area contributed by atoms with Gasteiger partial charge >= 0.3 is 0 Å². The highest BCUT2D eigenvalue weighted by Crippen LogP contribution is 2.18. The maximum atomic E-state index is 10.2. The fourth-order valence-electron chi connectivity index (χ4n) is 1.09. The first-order valence-corrected chi connectivity index (χ1v) is 3.47. The zero-order valence-corrected chi connectivity index (χ0v) is 6.16. The van der Waals surface area contributed by atoms with E-state index in [1.807, 2.05) is 0 Å². The minimum atomic E-state index is -1.51. The monoisotopic (exact) mass is 174 g/mol. The first-order valence-electron chi connectivity index (χ1n) is 3.47. The number of hydrogen-bond acceptors (Lipinski definition) is 5. The molecule has 4 N–H and O–H groups in total. The summed E-state index contributed by atoms with van der Waals surface area (Å²) in [5, 5.41) is 36.2. The highest BCUT2D eigenvalue weighted by molar-refractivity contribution is 5.75. The van der Waals surface area contributed by atoms with Gasteiger partial charge in [-0.2, -0.15) is 0 Å². The molecule has 0 bridgehead atoms. The van der Waals surface area contributed by atoms with Crippen LogP contribution in [0.2, 0.25) is 0 Å². The Labute approximate surface area is 68.6 Å². The van der Waals surface area contributed by atoms with Gasteiger partial charge in [0.1, 0.15) is 30.7 Å². The molecular weight excluding hydrogens is 164 g/mol. The van der Waals surface area contributed by atoms with Crippen molar-refractivity contribution < 1.29 is 25.2 Å². The molecule has 0 saturated heterocycles. The second kappa shape index (κ2) is 3.32. The molecule has 0 unspecified atom stereocenters. The summed E-state index contributed by atoms with van der Waals surface area (Å²) >= 11 is 0. The largest absolute Gasteiger partial charge is 0.387 e. The van der Waals surface area contributed by atoms with Crippen LogP contribution in [0.15, 0.2) is 11.6 Å². The van der Waals surface area contributed by atoms with Gasteiger partial charge in [0.05, 0.1) is 0 Å². The van der Waals surface area contributed by atoms with Crippen molar-refractivity contribution in [3.05, 3.63) is 11.6 Å². The summed E-state index contributed by atoms with van der Waals surface area (Å²) < 4.78 is 0. The lowest BCUT2D eigenvalue weighted by molar-refractivity contribution is -0.113. The van der Waals surface area contributed by atoms with Crippen LogP contribution in [0.3, 0.4) is 0 Å². The molecule has 0 aromatic heterocycles. The van der Waals surface area contributed by atoms with E-state index < -0.39 is 24.4 Å². The molecule has 0 amide bonds. The highest BCUT2D eigenvalue weighted by atomic mass is 16.4. The van der Waals surface area contributed by atoms with Crippen LogP contribution >= 0.6 is 0 Å². The fourth-order valence-corrected chi connectivity index (χ4v) is 1.09. The van der Waals surface area contributed by atoms with Crippen molar-refractivity contribution in [2.45, 2.75) is 24.4 Å². The van der Waals surface area contributed by atoms with Crippen LogP contribution in [0, 0.1) is 0 Å². The third-order valence-corrected chi connectivity index (χ3v) is 1.86. The molecule has 1 aliphatic rings. The van der Waals surface area contributed by atoms with E-state index in [9.17, 15) is 4.79 Å². The lowest BCUT2D eigenvalue weighted by Crippen LogP contribution is -2.48. The normalized spacial score (nSPS) is 42.2. The third kappa shape index (κ3) is 1.39. The van der Waals surface area contributed by atoms with Crippen molar-refractivity contribution in [2.24, 2.45) is 0 Å². The van der Waals surface area contributed by atoms with E-state index >= 15 is 0 Å². The van der Waals surface area contributed by atoms with E-state index in [1.54, 1.807) is 0 Å². The Bertz CT molecular complexity index is 212. The van der Waals surface area contributed by atoms with Crippen LogP contribution in [0.4, 0.5) is 0 Å². The molecule has 0 saturated carbocycles. The molecular formula is C7H10O5. The molecule has 0 fully saturated rings. The van der Waals surface area contributed by atoms with Crippen LogP contribution in [0.1, 0.15) is 0 Å². The molecule has 4 atom stereocenters. The van der Waals surface area contributed by atoms with Crippen LogP contribution in [0.25, 0.3) is 0 Å². The van der Waals surface area contributed by atoms with Crippen LogP contribution < -0.4 is 0 Å². The molecule has 12 heavy (non-hydrogen) atoms. The van der Waals surface area contributed by atoms with Gasteiger partial charge in [0, 0.05) is 5.57 Å². The minimum absolute atomic E-state index is 0.111. The SMILES string of the molecule is O=CC1=C[C@H](O)[C@@H](O)[C@@H](O)[C@@H]1O. The Hall–Kier alpha value is -0.750. The molecule has 5 heteroatoms. The summed E-state index contributed by atoms with van der Waals surface area (Å²) in [5.74, 6) is 0. The number of aliphatic hydroxyl groups excluding tert-OH is 4. The smallest absolute Gasteiger partial charge is 0.148 e. The molecule has 0 heterocycles. The molecule has 68 valence electrons. The summed E-state index contributed by atoms with van der Waals surface area (Å²) in [4.78, 5) is 10.2. The first kappa shape index (κ1) is 9.34. The summed E-state index contributed by atoms with van der Waals surface area (Å²) in [6, 6.07) is 0. The molecule has 0 aromatic carbocycles. The van der Waals surface area contributed by atoms with Crippen molar-refractivity contribution in [1.29, 1.82) is 0 Å². The van der Waals surface area contributed by atoms with Gasteiger partial charge in [0.2, 0.25) is 0 Å².